The molecule has 0 saturated heterocycles. The number of hydrogen-bond donors (Lipinski definition) is 1. The van der Waals surface area contributed by atoms with Gasteiger partial charge in [0.15, 0.2) is 5.82 Å². The summed E-state index contributed by atoms with van der Waals surface area (Å²) in [5.74, 6) is -0.0220. The van der Waals surface area contributed by atoms with E-state index in [1.165, 1.54) is 0 Å². The van der Waals surface area contributed by atoms with E-state index in [9.17, 15) is 9.50 Å². The molecular formula is C15H11FN2O2. The fourth-order valence-corrected chi connectivity index (χ4v) is 2.01. The average molecular weight is 270 g/mol. The van der Waals surface area contributed by atoms with Crippen molar-refractivity contribution in [3.63, 3.8) is 0 Å². The molecule has 0 bridgehead atoms. The van der Waals surface area contributed by atoms with Crippen molar-refractivity contribution in [2.75, 3.05) is 0 Å². The molecular weight excluding hydrogens is 259 g/mol. The summed E-state index contributed by atoms with van der Waals surface area (Å²) in [6.45, 7) is -0.0952. The number of fused-ring (bicyclic) bond motifs is 1. The first kappa shape index (κ1) is 12.5. The standard InChI is InChI=1S/C15H11FN2O2/c16-12-7-17-15(18-8-12)20-13-5-10-3-1-2-4-14(10)11(6-13)9-19/h1-8,19H,9H2. The highest BCUT2D eigenvalue weighted by atomic mass is 19.1. The molecule has 1 heterocycles. The third-order valence-electron chi connectivity index (χ3n) is 2.90. The van der Waals surface area contributed by atoms with Gasteiger partial charge in [0.25, 0.3) is 0 Å². The number of hydrogen-bond acceptors (Lipinski definition) is 4. The summed E-state index contributed by atoms with van der Waals surface area (Å²) in [5.41, 5.74) is 0.750. The Morgan fingerprint density at radius 1 is 1.10 bits per heavy atom. The largest absolute Gasteiger partial charge is 0.424 e. The summed E-state index contributed by atoms with van der Waals surface area (Å²) in [7, 11) is 0. The highest BCUT2D eigenvalue weighted by molar-refractivity contribution is 5.87. The molecule has 1 aromatic heterocycles. The topological polar surface area (TPSA) is 55.2 Å². The van der Waals surface area contributed by atoms with Crippen molar-refractivity contribution in [1.29, 1.82) is 0 Å². The van der Waals surface area contributed by atoms with Crippen molar-refractivity contribution < 1.29 is 14.2 Å². The second-order valence-corrected chi connectivity index (χ2v) is 4.25. The lowest BCUT2D eigenvalue weighted by molar-refractivity contribution is 0.282. The van der Waals surface area contributed by atoms with Gasteiger partial charge in [-0.2, -0.15) is 0 Å². The van der Waals surface area contributed by atoms with Gasteiger partial charge in [0.1, 0.15) is 5.75 Å². The molecule has 0 aliphatic carbocycles. The Kier molecular flexibility index (Phi) is 3.26. The fourth-order valence-electron chi connectivity index (χ4n) is 2.01. The van der Waals surface area contributed by atoms with Gasteiger partial charge < -0.3 is 9.84 Å². The Morgan fingerprint density at radius 3 is 2.60 bits per heavy atom. The first-order valence-electron chi connectivity index (χ1n) is 6.04. The summed E-state index contributed by atoms with van der Waals surface area (Å²) in [6.07, 6.45) is 2.08. The van der Waals surface area contributed by atoms with E-state index < -0.39 is 5.82 Å². The molecule has 0 aliphatic heterocycles. The van der Waals surface area contributed by atoms with Crippen LogP contribution in [0, 0.1) is 5.82 Å². The van der Waals surface area contributed by atoms with E-state index >= 15 is 0 Å². The number of halogens is 1. The molecule has 0 amide bonds. The minimum Gasteiger partial charge on any atom is -0.424 e. The van der Waals surface area contributed by atoms with Crippen LogP contribution in [0.15, 0.2) is 48.8 Å². The lowest BCUT2D eigenvalue weighted by atomic mass is 10.0. The number of ether oxygens (including phenoxy) is 1. The molecule has 0 radical (unpaired) electrons. The SMILES string of the molecule is OCc1cc(Oc2ncc(F)cn2)cc2ccccc12. The first-order chi connectivity index (χ1) is 9.76. The van der Waals surface area contributed by atoms with Crippen molar-refractivity contribution >= 4 is 10.8 Å². The van der Waals surface area contributed by atoms with Gasteiger partial charge in [0.05, 0.1) is 19.0 Å². The third-order valence-corrected chi connectivity index (χ3v) is 2.90. The smallest absolute Gasteiger partial charge is 0.322 e. The maximum atomic E-state index is 12.7. The summed E-state index contributed by atoms with van der Waals surface area (Å²) < 4.78 is 18.2. The summed E-state index contributed by atoms with van der Waals surface area (Å²) >= 11 is 0. The van der Waals surface area contributed by atoms with Crippen molar-refractivity contribution in [3.8, 4) is 11.8 Å². The fraction of sp³-hybridized carbons (Fsp3) is 0.0667. The predicted octanol–water partition coefficient (Wildman–Crippen LogP) is 3.05. The predicted molar refractivity (Wildman–Crippen MR) is 71.9 cm³/mol. The molecule has 0 unspecified atom stereocenters. The Hall–Kier alpha value is -2.53. The molecule has 0 atom stereocenters. The number of nitrogens with zero attached hydrogens (tertiary/aromatic N) is 2. The van der Waals surface area contributed by atoms with Gasteiger partial charge >= 0.3 is 6.01 Å². The molecule has 1 N–H and O–H groups in total. The van der Waals surface area contributed by atoms with Gasteiger partial charge in [0, 0.05) is 0 Å². The lowest BCUT2D eigenvalue weighted by Crippen LogP contribution is -1.94. The van der Waals surface area contributed by atoms with Crippen molar-refractivity contribution in [3.05, 3.63) is 60.2 Å². The summed E-state index contributed by atoms with van der Waals surface area (Å²) in [5, 5.41) is 11.3. The van der Waals surface area contributed by atoms with Gasteiger partial charge in [-0.05, 0) is 28.5 Å². The normalized spacial score (nSPS) is 10.7. The Balaban J connectivity index is 2.01. The van der Waals surface area contributed by atoms with E-state index in [2.05, 4.69) is 9.97 Å². The van der Waals surface area contributed by atoms with Gasteiger partial charge in [-0.15, -0.1) is 0 Å². The van der Waals surface area contributed by atoms with E-state index in [1.807, 2.05) is 30.3 Å². The molecule has 0 spiro atoms. The molecule has 20 heavy (non-hydrogen) atoms. The van der Waals surface area contributed by atoms with Crippen molar-refractivity contribution in [2.45, 2.75) is 6.61 Å². The number of aliphatic hydroxyl groups is 1. The van der Waals surface area contributed by atoms with Gasteiger partial charge in [-0.3, -0.25) is 0 Å². The van der Waals surface area contributed by atoms with Gasteiger partial charge in [-0.25, -0.2) is 14.4 Å². The van der Waals surface area contributed by atoms with E-state index in [0.717, 1.165) is 28.7 Å². The minimum atomic E-state index is -0.521. The van der Waals surface area contributed by atoms with Crippen LogP contribution in [0.3, 0.4) is 0 Å². The minimum absolute atomic E-state index is 0.0607. The zero-order chi connectivity index (χ0) is 13.9. The molecule has 0 aliphatic rings. The Bertz CT molecular complexity index is 744. The van der Waals surface area contributed by atoms with Gasteiger partial charge in [0.2, 0.25) is 0 Å². The van der Waals surface area contributed by atoms with Crippen molar-refractivity contribution in [2.24, 2.45) is 0 Å². The summed E-state index contributed by atoms with van der Waals surface area (Å²) in [4.78, 5) is 7.48. The van der Waals surface area contributed by atoms with Crippen LogP contribution in [0.25, 0.3) is 10.8 Å². The quantitative estimate of drug-likeness (QED) is 0.794. The van der Waals surface area contributed by atoms with Crippen LogP contribution in [-0.4, -0.2) is 15.1 Å². The molecule has 3 aromatic rings. The van der Waals surface area contributed by atoms with E-state index in [4.69, 9.17) is 4.74 Å². The second-order valence-electron chi connectivity index (χ2n) is 4.25. The van der Waals surface area contributed by atoms with Crippen LogP contribution < -0.4 is 4.74 Å². The second kappa shape index (κ2) is 5.22. The van der Waals surface area contributed by atoms with E-state index in [1.54, 1.807) is 6.07 Å². The maximum Gasteiger partial charge on any atom is 0.322 e. The average Bonchev–Trinajstić information content (AvgIpc) is 2.49. The highest BCUT2D eigenvalue weighted by Crippen LogP contribution is 2.27. The van der Waals surface area contributed by atoms with Crippen LogP contribution in [0.5, 0.6) is 11.8 Å². The molecule has 0 saturated carbocycles. The van der Waals surface area contributed by atoms with E-state index in [0.29, 0.717) is 5.75 Å². The zero-order valence-electron chi connectivity index (χ0n) is 10.5. The molecule has 5 heteroatoms. The van der Waals surface area contributed by atoms with Crippen LogP contribution in [-0.2, 0) is 6.61 Å². The molecule has 2 aromatic carbocycles. The molecule has 4 nitrogen and oxygen atoms in total. The van der Waals surface area contributed by atoms with Crippen LogP contribution >= 0.6 is 0 Å². The highest BCUT2D eigenvalue weighted by Gasteiger charge is 2.06. The first-order valence-corrected chi connectivity index (χ1v) is 6.04. The van der Waals surface area contributed by atoms with Crippen LogP contribution in [0.2, 0.25) is 0 Å². The molecule has 0 fully saturated rings. The molecule has 3 rings (SSSR count). The maximum absolute atomic E-state index is 12.7. The number of aliphatic hydroxyl groups excluding tert-OH is 1. The van der Waals surface area contributed by atoms with E-state index in [-0.39, 0.29) is 12.6 Å². The van der Waals surface area contributed by atoms with Crippen molar-refractivity contribution in [1.82, 2.24) is 9.97 Å². The lowest BCUT2D eigenvalue weighted by Gasteiger charge is -2.08. The number of rotatable bonds is 3. The van der Waals surface area contributed by atoms with Crippen LogP contribution in [0.4, 0.5) is 4.39 Å². The molecule has 100 valence electrons. The van der Waals surface area contributed by atoms with Crippen LogP contribution in [0.1, 0.15) is 5.56 Å². The third kappa shape index (κ3) is 2.44. The number of aromatic nitrogens is 2. The number of benzene rings is 2. The summed E-state index contributed by atoms with van der Waals surface area (Å²) in [6, 6.07) is 11.3. The monoisotopic (exact) mass is 270 g/mol. The Morgan fingerprint density at radius 2 is 1.85 bits per heavy atom. The Labute approximate surface area is 114 Å². The van der Waals surface area contributed by atoms with Gasteiger partial charge in [-0.1, -0.05) is 24.3 Å². The zero-order valence-corrected chi connectivity index (χ0v) is 10.5.